The molecule has 0 radical (unpaired) electrons. The van der Waals surface area contributed by atoms with Gasteiger partial charge in [-0.3, -0.25) is 4.79 Å². The van der Waals surface area contributed by atoms with Gasteiger partial charge >= 0.3 is 0 Å². The summed E-state index contributed by atoms with van der Waals surface area (Å²) in [6, 6.07) is 0. The van der Waals surface area contributed by atoms with Gasteiger partial charge in [-0.1, -0.05) is 6.92 Å². The molecule has 0 aliphatic carbocycles. The van der Waals surface area contributed by atoms with Gasteiger partial charge in [0, 0.05) is 6.61 Å². The highest BCUT2D eigenvalue weighted by Gasteiger charge is 1.95. The largest absolute Gasteiger partial charge is 0.379 e. The van der Waals surface area contributed by atoms with Crippen molar-refractivity contribution >= 4 is 5.78 Å². The van der Waals surface area contributed by atoms with Crippen molar-refractivity contribution in [2.45, 2.75) is 20.3 Å². The molecule has 0 saturated carbocycles. The molecule has 7 heteroatoms. The van der Waals surface area contributed by atoms with Crippen molar-refractivity contribution in [1.29, 1.82) is 0 Å². The lowest BCUT2D eigenvalue weighted by Gasteiger charge is -2.08. The quantitative estimate of drug-likeness (QED) is 0.327. The number of hydrogen-bond acceptors (Lipinski definition) is 7. The van der Waals surface area contributed by atoms with Crippen LogP contribution in [0, 0.1) is 0 Å². The number of rotatable bonds is 19. The highest BCUT2D eigenvalue weighted by Crippen LogP contribution is 1.85. The Morgan fingerprint density at radius 3 is 1.17 bits per heavy atom. The lowest BCUT2D eigenvalue weighted by Crippen LogP contribution is -2.14. The summed E-state index contributed by atoms with van der Waals surface area (Å²) >= 11 is 0. The number of Topliss-reactive ketones (excluding diaryl/α,β-unsaturated/α-hetero) is 1. The smallest absolute Gasteiger partial charge is 0.155 e. The van der Waals surface area contributed by atoms with Gasteiger partial charge < -0.3 is 28.4 Å². The minimum absolute atomic E-state index is 0.0172. The summed E-state index contributed by atoms with van der Waals surface area (Å²) in [5.41, 5.74) is 0. The second-order valence-corrected chi connectivity index (χ2v) is 4.82. The van der Waals surface area contributed by atoms with E-state index in [-0.39, 0.29) is 12.4 Å². The Bertz CT molecular complexity index is 249. The molecule has 0 unspecified atom stereocenters. The van der Waals surface area contributed by atoms with Gasteiger partial charge in [0.1, 0.15) is 6.61 Å². The number of ketones is 1. The van der Waals surface area contributed by atoms with Gasteiger partial charge in [0.25, 0.3) is 0 Å². The van der Waals surface area contributed by atoms with Gasteiger partial charge in [-0.05, 0) is 13.3 Å². The lowest BCUT2D eigenvalue weighted by atomic mass is 10.5. The SMILES string of the molecule is CCCOCCOCCOCCOCCOCCOCC(C)=O. The second kappa shape index (κ2) is 19.5. The van der Waals surface area contributed by atoms with E-state index in [0.29, 0.717) is 66.1 Å². The van der Waals surface area contributed by atoms with Gasteiger partial charge in [0.05, 0.1) is 66.1 Å². The Kier molecular flexibility index (Phi) is 19.0. The molecule has 0 aliphatic rings. The highest BCUT2D eigenvalue weighted by atomic mass is 16.6. The Morgan fingerprint density at radius 2 is 0.870 bits per heavy atom. The van der Waals surface area contributed by atoms with Crippen LogP contribution in [0.2, 0.25) is 0 Å². The summed E-state index contributed by atoms with van der Waals surface area (Å²) < 4.78 is 31.7. The fourth-order valence-electron chi connectivity index (χ4n) is 1.46. The van der Waals surface area contributed by atoms with E-state index in [9.17, 15) is 4.79 Å². The van der Waals surface area contributed by atoms with E-state index >= 15 is 0 Å². The van der Waals surface area contributed by atoms with Crippen LogP contribution in [0.3, 0.4) is 0 Å². The number of carbonyl (C=O) groups excluding carboxylic acids is 1. The fraction of sp³-hybridized carbons (Fsp3) is 0.938. The van der Waals surface area contributed by atoms with E-state index in [4.69, 9.17) is 28.4 Å². The molecular formula is C16H32O7. The first-order valence-electron chi connectivity index (χ1n) is 8.23. The van der Waals surface area contributed by atoms with Crippen LogP contribution in [0.4, 0.5) is 0 Å². The van der Waals surface area contributed by atoms with E-state index in [1.54, 1.807) is 0 Å². The molecule has 0 atom stereocenters. The zero-order chi connectivity index (χ0) is 17.0. The molecule has 0 amide bonds. The molecule has 0 saturated heterocycles. The summed E-state index contributed by atoms with van der Waals surface area (Å²) in [4.78, 5) is 10.6. The van der Waals surface area contributed by atoms with Crippen LogP contribution in [0.15, 0.2) is 0 Å². The van der Waals surface area contributed by atoms with Crippen molar-refractivity contribution in [3.63, 3.8) is 0 Å². The number of ether oxygens (including phenoxy) is 6. The third-order valence-corrected chi connectivity index (χ3v) is 2.51. The molecule has 0 aromatic rings. The van der Waals surface area contributed by atoms with Gasteiger partial charge in [0.15, 0.2) is 5.78 Å². The van der Waals surface area contributed by atoms with Gasteiger partial charge in [-0.2, -0.15) is 0 Å². The molecule has 0 aliphatic heterocycles. The van der Waals surface area contributed by atoms with Crippen LogP contribution in [0.25, 0.3) is 0 Å². The molecule has 7 nitrogen and oxygen atoms in total. The third-order valence-electron chi connectivity index (χ3n) is 2.51. The molecular weight excluding hydrogens is 304 g/mol. The van der Waals surface area contributed by atoms with Crippen molar-refractivity contribution in [2.75, 3.05) is 79.3 Å². The van der Waals surface area contributed by atoms with Gasteiger partial charge in [-0.25, -0.2) is 0 Å². The minimum atomic E-state index is 0.0172. The van der Waals surface area contributed by atoms with Crippen LogP contribution < -0.4 is 0 Å². The standard InChI is InChI=1S/C16H32O7/c1-3-4-18-5-6-19-7-8-20-9-10-21-11-12-22-13-14-23-15-16(2)17/h3-15H2,1-2H3. The zero-order valence-electron chi connectivity index (χ0n) is 14.6. The highest BCUT2D eigenvalue weighted by molar-refractivity contribution is 5.76. The van der Waals surface area contributed by atoms with Gasteiger partial charge in [0.2, 0.25) is 0 Å². The van der Waals surface area contributed by atoms with Crippen LogP contribution in [0.1, 0.15) is 20.3 Å². The maximum atomic E-state index is 10.6. The van der Waals surface area contributed by atoms with E-state index < -0.39 is 0 Å². The Labute approximate surface area is 139 Å². The Morgan fingerprint density at radius 1 is 0.565 bits per heavy atom. The molecule has 0 bridgehead atoms. The van der Waals surface area contributed by atoms with E-state index in [1.165, 1.54) is 6.92 Å². The minimum Gasteiger partial charge on any atom is -0.379 e. The summed E-state index contributed by atoms with van der Waals surface area (Å²) in [7, 11) is 0. The lowest BCUT2D eigenvalue weighted by molar-refractivity contribution is -0.122. The van der Waals surface area contributed by atoms with Crippen molar-refractivity contribution in [3.05, 3.63) is 0 Å². The Balaban J connectivity index is 2.96. The second-order valence-electron chi connectivity index (χ2n) is 4.82. The number of hydrogen-bond donors (Lipinski definition) is 0. The zero-order valence-corrected chi connectivity index (χ0v) is 14.6. The molecule has 138 valence electrons. The molecule has 0 rings (SSSR count). The predicted octanol–water partition coefficient (Wildman–Crippen LogP) is 1.09. The maximum absolute atomic E-state index is 10.6. The number of carbonyl (C=O) groups is 1. The Hall–Kier alpha value is -0.570. The summed E-state index contributed by atoms with van der Waals surface area (Å²) in [5, 5.41) is 0. The summed E-state index contributed by atoms with van der Waals surface area (Å²) in [6.45, 7) is 9.84. The van der Waals surface area contributed by atoms with Crippen molar-refractivity contribution < 1.29 is 33.2 Å². The predicted molar refractivity (Wildman–Crippen MR) is 85.9 cm³/mol. The maximum Gasteiger partial charge on any atom is 0.155 e. The fourth-order valence-corrected chi connectivity index (χ4v) is 1.46. The average Bonchev–Trinajstić information content (AvgIpc) is 2.53. The van der Waals surface area contributed by atoms with Crippen LogP contribution in [0.5, 0.6) is 0 Å². The van der Waals surface area contributed by atoms with Crippen LogP contribution >= 0.6 is 0 Å². The summed E-state index contributed by atoms with van der Waals surface area (Å²) in [5.74, 6) is 0.0172. The van der Waals surface area contributed by atoms with Gasteiger partial charge in [-0.15, -0.1) is 0 Å². The van der Waals surface area contributed by atoms with E-state index in [0.717, 1.165) is 13.0 Å². The third kappa shape index (κ3) is 21.4. The normalized spacial score (nSPS) is 11.0. The first kappa shape index (κ1) is 22.4. The van der Waals surface area contributed by atoms with Crippen molar-refractivity contribution in [2.24, 2.45) is 0 Å². The van der Waals surface area contributed by atoms with Crippen LogP contribution in [-0.4, -0.2) is 85.1 Å². The summed E-state index contributed by atoms with van der Waals surface area (Å²) in [6.07, 6.45) is 1.03. The van der Waals surface area contributed by atoms with Crippen molar-refractivity contribution in [3.8, 4) is 0 Å². The van der Waals surface area contributed by atoms with E-state index in [1.807, 2.05) is 0 Å². The van der Waals surface area contributed by atoms with Crippen LogP contribution in [-0.2, 0) is 33.2 Å². The molecule has 0 aromatic carbocycles. The molecule has 0 N–H and O–H groups in total. The first-order chi connectivity index (χ1) is 11.3. The molecule has 0 heterocycles. The molecule has 0 aromatic heterocycles. The average molecular weight is 336 g/mol. The topological polar surface area (TPSA) is 72.5 Å². The molecule has 0 fully saturated rings. The molecule has 23 heavy (non-hydrogen) atoms. The van der Waals surface area contributed by atoms with Crippen molar-refractivity contribution in [1.82, 2.24) is 0 Å². The molecule has 0 spiro atoms. The monoisotopic (exact) mass is 336 g/mol. The first-order valence-corrected chi connectivity index (χ1v) is 8.23. The van der Waals surface area contributed by atoms with E-state index in [2.05, 4.69) is 6.92 Å².